The highest BCUT2D eigenvalue weighted by Crippen LogP contribution is 2.49. The normalized spacial score (nSPS) is 19.4. The lowest BCUT2D eigenvalue weighted by molar-refractivity contribution is -0.134. The number of hydrogen-bond donors (Lipinski definition) is 0. The van der Waals surface area contributed by atoms with Crippen LogP contribution in [0.4, 0.5) is 0 Å². The van der Waals surface area contributed by atoms with Gasteiger partial charge in [0, 0.05) is 38.0 Å². The maximum absolute atomic E-state index is 12.8. The molecule has 160 valence electrons. The molecule has 3 aliphatic rings. The molecule has 6 heteroatoms. The van der Waals surface area contributed by atoms with Crippen LogP contribution in [0.25, 0.3) is 11.3 Å². The van der Waals surface area contributed by atoms with Gasteiger partial charge in [-0.3, -0.25) is 4.79 Å². The third kappa shape index (κ3) is 3.16. The molecule has 0 N–H and O–H groups in total. The van der Waals surface area contributed by atoms with Gasteiger partial charge in [0.15, 0.2) is 5.60 Å². The van der Waals surface area contributed by atoms with E-state index in [2.05, 4.69) is 10.6 Å². The van der Waals surface area contributed by atoms with E-state index in [-0.39, 0.29) is 5.91 Å². The number of furan rings is 1. The van der Waals surface area contributed by atoms with E-state index in [0.29, 0.717) is 25.3 Å². The average molecular weight is 418 g/mol. The summed E-state index contributed by atoms with van der Waals surface area (Å²) in [5.41, 5.74) is 2.91. The lowest BCUT2D eigenvalue weighted by Crippen LogP contribution is -2.50. The second-order valence-corrected chi connectivity index (χ2v) is 9.12. The van der Waals surface area contributed by atoms with Gasteiger partial charge >= 0.3 is 0 Å². The molecule has 3 aromatic rings. The first-order chi connectivity index (χ1) is 15.2. The molecule has 0 bridgehead atoms. The van der Waals surface area contributed by atoms with Crippen LogP contribution in [0.3, 0.4) is 0 Å². The Morgan fingerprint density at radius 3 is 2.71 bits per heavy atom. The number of imidazole rings is 1. The van der Waals surface area contributed by atoms with Crippen molar-refractivity contribution in [2.24, 2.45) is 5.92 Å². The van der Waals surface area contributed by atoms with Crippen molar-refractivity contribution in [2.75, 3.05) is 13.1 Å². The Morgan fingerprint density at radius 1 is 1.13 bits per heavy atom. The number of hydrogen-bond acceptors (Lipinski definition) is 4. The molecule has 4 heterocycles. The lowest BCUT2D eigenvalue weighted by atomic mass is 9.82. The molecule has 31 heavy (non-hydrogen) atoms. The van der Waals surface area contributed by atoms with E-state index in [1.165, 1.54) is 25.0 Å². The number of likely N-dealkylation sites (tertiary alicyclic amines) is 1. The second kappa shape index (κ2) is 7.29. The zero-order valence-corrected chi connectivity index (χ0v) is 17.6. The van der Waals surface area contributed by atoms with Gasteiger partial charge in [-0.15, -0.1) is 0 Å². The number of benzene rings is 1. The Balaban J connectivity index is 1.29. The van der Waals surface area contributed by atoms with Crippen LogP contribution in [0.2, 0.25) is 0 Å². The van der Waals surface area contributed by atoms with Crippen molar-refractivity contribution in [3.63, 3.8) is 0 Å². The van der Waals surface area contributed by atoms with Crippen LogP contribution in [-0.4, -0.2) is 33.4 Å². The zero-order valence-electron chi connectivity index (χ0n) is 17.6. The summed E-state index contributed by atoms with van der Waals surface area (Å²) in [7, 11) is 0. The molecular formula is C25H27N3O3. The monoisotopic (exact) mass is 417 g/mol. The molecule has 1 saturated carbocycles. The fourth-order valence-electron chi connectivity index (χ4n) is 5.29. The largest absolute Gasteiger partial charge is 0.480 e. The second-order valence-electron chi connectivity index (χ2n) is 9.12. The first kappa shape index (κ1) is 18.7. The molecule has 6 nitrogen and oxygen atoms in total. The number of nitrogens with zero attached hydrogens (tertiary/aromatic N) is 3. The van der Waals surface area contributed by atoms with Gasteiger partial charge in [-0.1, -0.05) is 18.6 Å². The molecular weight excluding hydrogens is 390 g/mol. The van der Waals surface area contributed by atoms with E-state index in [1.807, 2.05) is 41.6 Å². The Kier molecular flexibility index (Phi) is 4.40. The molecule has 0 unspecified atom stereocenters. The van der Waals surface area contributed by atoms with Gasteiger partial charge in [0.05, 0.1) is 30.4 Å². The predicted molar refractivity (Wildman–Crippen MR) is 116 cm³/mol. The van der Waals surface area contributed by atoms with Gasteiger partial charge < -0.3 is 18.6 Å². The molecule has 1 spiro atoms. The highest BCUT2D eigenvalue weighted by atomic mass is 16.5. The highest BCUT2D eigenvalue weighted by molar-refractivity contribution is 5.78. The van der Waals surface area contributed by atoms with Crippen LogP contribution >= 0.6 is 0 Å². The summed E-state index contributed by atoms with van der Waals surface area (Å²) in [6.45, 7) is 2.36. The van der Waals surface area contributed by atoms with E-state index in [9.17, 15) is 4.79 Å². The number of carbonyl (C=O) groups excluding carboxylic acids is 1. The Bertz CT molecular complexity index is 1090. The van der Waals surface area contributed by atoms with Crippen LogP contribution in [0, 0.1) is 5.92 Å². The Labute approximate surface area is 181 Å². The topological polar surface area (TPSA) is 60.5 Å². The summed E-state index contributed by atoms with van der Waals surface area (Å²) >= 11 is 0. The van der Waals surface area contributed by atoms with E-state index >= 15 is 0 Å². The van der Waals surface area contributed by atoms with Crippen molar-refractivity contribution in [3.05, 3.63) is 60.4 Å². The number of aromatic nitrogens is 2. The number of piperidine rings is 1. The van der Waals surface area contributed by atoms with Crippen LogP contribution in [0.5, 0.6) is 5.75 Å². The summed E-state index contributed by atoms with van der Waals surface area (Å²) in [5.74, 6) is 2.47. The fourth-order valence-corrected chi connectivity index (χ4v) is 5.29. The number of ether oxygens (including phenoxy) is 1. The maximum Gasteiger partial charge on any atom is 0.230 e. The van der Waals surface area contributed by atoms with Crippen LogP contribution in [-0.2, 0) is 23.4 Å². The van der Waals surface area contributed by atoms with Gasteiger partial charge in [-0.2, -0.15) is 0 Å². The van der Waals surface area contributed by atoms with Crippen molar-refractivity contribution in [1.29, 1.82) is 0 Å². The minimum absolute atomic E-state index is 0.115. The minimum atomic E-state index is -0.425. The zero-order chi connectivity index (χ0) is 20.8. The van der Waals surface area contributed by atoms with E-state index < -0.39 is 5.60 Å². The molecule has 0 atom stereocenters. The maximum atomic E-state index is 12.8. The van der Waals surface area contributed by atoms with Gasteiger partial charge in [-0.25, -0.2) is 4.98 Å². The quantitative estimate of drug-likeness (QED) is 0.631. The van der Waals surface area contributed by atoms with E-state index in [4.69, 9.17) is 14.1 Å². The van der Waals surface area contributed by atoms with Crippen LogP contribution in [0.15, 0.2) is 53.4 Å². The predicted octanol–water partition coefficient (Wildman–Crippen LogP) is 4.40. The molecule has 2 aromatic heterocycles. The Morgan fingerprint density at radius 2 is 1.97 bits per heavy atom. The number of carbonyl (C=O) groups is 1. The third-order valence-corrected chi connectivity index (χ3v) is 7.23. The fraction of sp³-hybridized carbons (Fsp3) is 0.440. The Hall–Kier alpha value is -3.02. The molecule has 1 aliphatic carbocycles. The lowest BCUT2D eigenvalue weighted by Gasteiger charge is -2.45. The van der Waals surface area contributed by atoms with E-state index in [1.54, 1.807) is 6.26 Å². The number of amides is 1. The highest BCUT2D eigenvalue weighted by Gasteiger charge is 2.47. The minimum Gasteiger partial charge on any atom is -0.480 e. The third-order valence-electron chi connectivity index (χ3n) is 7.23. The number of para-hydroxylation sites is 1. The van der Waals surface area contributed by atoms with Crippen LogP contribution in [0.1, 0.15) is 43.6 Å². The SMILES string of the molecule is O=C(Cc1ccco1)N1CCC2(CC1)Oc1ccccc1-c1ncn(CC3CCC3)c12. The first-order valence-corrected chi connectivity index (χ1v) is 11.4. The molecule has 0 radical (unpaired) electrons. The van der Waals surface area contributed by atoms with E-state index in [0.717, 1.165) is 42.3 Å². The molecule has 1 aromatic carbocycles. The van der Waals surface area contributed by atoms with Gasteiger partial charge in [0.2, 0.25) is 5.91 Å². The van der Waals surface area contributed by atoms with Gasteiger partial charge in [-0.05, 0) is 43.0 Å². The van der Waals surface area contributed by atoms with Crippen molar-refractivity contribution in [1.82, 2.24) is 14.5 Å². The molecule has 1 amide bonds. The average Bonchev–Trinajstić information content (AvgIpc) is 3.42. The van der Waals surface area contributed by atoms with Crippen molar-refractivity contribution < 1.29 is 13.9 Å². The smallest absolute Gasteiger partial charge is 0.230 e. The van der Waals surface area contributed by atoms with Crippen molar-refractivity contribution >= 4 is 5.91 Å². The van der Waals surface area contributed by atoms with Crippen molar-refractivity contribution in [2.45, 2.75) is 50.7 Å². The summed E-state index contributed by atoms with van der Waals surface area (Å²) < 4.78 is 14.4. The molecule has 2 aliphatic heterocycles. The first-order valence-electron chi connectivity index (χ1n) is 11.4. The van der Waals surface area contributed by atoms with Crippen molar-refractivity contribution in [3.8, 4) is 17.0 Å². The molecule has 6 rings (SSSR count). The number of rotatable bonds is 4. The van der Waals surface area contributed by atoms with Gasteiger partial charge in [0.1, 0.15) is 11.5 Å². The number of fused-ring (bicyclic) bond motifs is 4. The summed E-state index contributed by atoms with van der Waals surface area (Å²) in [5, 5.41) is 0. The van der Waals surface area contributed by atoms with Crippen LogP contribution < -0.4 is 4.74 Å². The standard InChI is InChI=1S/C25H27N3O3/c29-22(15-19-7-4-14-30-19)27-12-10-25(11-13-27)24-23(20-8-1-2-9-21(20)31-25)26-17-28(24)16-18-5-3-6-18/h1-2,4,7-9,14,17-18H,3,5-6,10-13,15-16H2. The van der Waals surface area contributed by atoms with Gasteiger partial charge in [0.25, 0.3) is 0 Å². The summed E-state index contributed by atoms with van der Waals surface area (Å²) in [4.78, 5) is 19.6. The molecule has 1 saturated heterocycles. The summed E-state index contributed by atoms with van der Waals surface area (Å²) in [6, 6.07) is 11.9. The summed E-state index contributed by atoms with van der Waals surface area (Å²) in [6.07, 6.45) is 9.41. The molecule has 2 fully saturated rings.